The fraction of sp³-hybridized carbons (Fsp3) is 0.348. The van der Waals surface area contributed by atoms with Crippen LogP contribution in [0.3, 0.4) is 0 Å². The second-order valence-corrected chi connectivity index (χ2v) is 8.48. The fourth-order valence-electron chi connectivity index (χ4n) is 5.34. The molecule has 4 heterocycles. The first-order valence-corrected chi connectivity index (χ1v) is 9.47. The maximum atomic E-state index is 6.46. The van der Waals surface area contributed by atoms with Crippen LogP contribution < -0.4 is 0 Å². The summed E-state index contributed by atoms with van der Waals surface area (Å²) in [7, 11) is 0. The molecule has 130 valence electrons. The topological polar surface area (TPSA) is 26.5 Å². The highest BCUT2D eigenvalue weighted by Gasteiger charge is 2.54. The summed E-state index contributed by atoms with van der Waals surface area (Å²) in [6, 6.07) is 13.2. The van der Waals surface area contributed by atoms with Gasteiger partial charge in [-0.25, -0.2) is 4.98 Å². The molecular formula is C23H22N2O. The second kappa shape index (κ2) is 4.29. The lowest BCUT2D eigenvalue weighted by molar-refractivity contribution is -0.0661. The molecule has 4 aromatic rings. The van der Waals surface area contributed by atoms with Crippen LogP contribution in [0.2, 0.25) is 0 Å². The van der Waals surface area contributed by atoms with Crippen LogP contribution in [0.15, 0.2) is 36.4 Å². The Balaban J connectivity index is 1.82. The zero-order chi connectivity index (χ0) is 17.8. The van der Waals surface area contributed by atoms with Crippen molar-refractivity contribution >= 4 is 27.5 Å². The first-order chi connectivity index (χ1) is 12.4. The average Bonchev–Trinajstić information content (AvgIpc) is 3.23. The van der Waals surface area contributed by atoms with Crippen molar-refractivity contribution in [3.05, 3.63) is 58.8 Å². The van der Waals surface area contributed by atoms with Crippen LogP contribution in [0, 0.1) is 13.8 Å². The minimum absolute atomic E-state index is 0.151. The molecule has 1 fully saturated rings. The Morgan fingerprint density at radius 2 is 1.62 bits per heavy atom. The highest BCUT2D eigenvalue weighted by Crippen LogP contribution is 2.58. The Labute approximate surface area is 152 Å². The summed E-state index contributed by atoms with van der Waals surface area (Å²) >= 11 is 0. The summed E-state index contributed by atoms with van der Waals surface area (Å²) in [6.07, 6.45) is 2.19. The number of rotatable bonds is 0. The maximum absolute atomic E-state index is 6.46. The minimum Gasteiger partial charge on any atom is -0.360 e. The van der Waals surface area contributed by atoms with Crippen LogP contribution in [0.4, 0.5) is 0 Å². The number of hydrogen-bond donors (Lipinski definition) is 0. The summed E-state index contributed by atoms with van der Waals surface area (Å²) < 4.78 is 8.80. The molecule has 2 unspecified atom stereocenters. The number of aromatic nitrogens is 2. The van der Waals surface area contributed by atoms with Gasteiger partial charge in [-0.2, -0.15) is 0 Å². The number of nitrogens with zero attached hydrogens (tertiary/aromatic N) is 2. The summed E-state index contributed by atoms with van der Waals surface area (Å²) in [5.74, 6) is 0. The number of ether oxygens (including phenoxy) is 1. The molecule has 3 nitrogen and oxygen atoms in total. The van der Waals surface area contributed by atoms with Crippen LogP contribution in [-0.4, -0.2) is 9.38 Å². The van der Waals surface area contributed by atoms with Crippen molar-refractivity contribution in [1.29, 1.82) is 0 Å². The van der Waals surface area contributed by atoms with Gasteiger partial charge in [-0.1, -0.05) is 24.3 Å². The highest BCUT2D eigenvalue weighted by molar-refractivity contribution is 6.00. The van der Waals surface area contributed by atoms with E-state index in [1.807, 2.05) is 0 Å². The van der Waals surface area contributed by atoms with E-state index in [0.29, 0.717) is 0 Å². The third kappa shape index (κ3) is 1.52. The van der Waals surface area contributed by atoms with Gasteiger partial charge in [-0.3, -0.25) is 4.40 Å². The lowest BCUT2D eigenvalue weighted by atomic mass is 9.78. The highest BCUT2D eigenvalue weighted by atomic mass is 16.5. The molecule has 2 aromatic carbocycles. The van der Waals surface area contributed by atoms with Crippen LogP contribution in [0.1, 0.15) is 49.1 Å². The molecule has 0 aliphatic carbocycles. The standard InChI is InChI=1S/C23H22N2O/c1-13-14(2)25-20-12-18-17(22(3)9-10-23(18,4)26-22)11-19(20)24-21(25)16-8-6-5-7-15(13)16/h5-8,11-12H,9-10H2,1-4H3. The van der Waals surface area contributed by atoms with Gasteiger partial charge in [0, 0.05) is 11.1 Å². The average molecular weight is 342 g/mol. The fourth-order valence-corrected chi connectivity index (χ4v) is 5.34. The predicted molar refractivity (Wildman–Crippen MR) is 105 cm³/mol. The number of fused-ring (bicyclic) bond motifs is 10. The molecule has 0 spiro atoms. The van der Waals surface area contributed by atoms with Crippen molar-refractivity contribution in [2.45, 2.75) is 51.7 Å². The lowest BCUT2D eigenvalue weighted by Crippen LogP contribution is -2.17. The normalized spacial score (nSPS) is 27.1. The molecule has 2 aliphatic heterocycles. The summed E-state index contributed by atoms with van der Waals surface area (Å²) in [5, 5.41) is 2.52. The second-order valence-electron chi connectivity index (χ2n) is 8.48. The molecule has 6 rings (SSSR count). The predicted octanol–water partition coefficient (Wildman–Crippen LogP) is 5.51. The van der Waals surface area contributed by atoms with Crippen molar-refractivity contribution in [1.82, 2.24) is 9.38 Å². The first-order valence-electron chi connectivity index (χ1n) is 9.47. The molecule has 2 aliphatic rings. The molecule has 2 bridgehead atoms. The Morgan fingerprint density at radius 1 is 0.962 bits per heavy atom. The smallest absolute Gasteiger partial charge is 0.146 e. The van der Waals surface area contributed by atoms with Gasteiger partial charge in [0.25, 0.3) is 0 Å². The number of aryl methyl sites for hydroxylation is 2. The number of pyridine rings is 1. The maximum Gasteiger partial charge on any atom is 0.146 e. The van der Waals surface area contributed by atoms with E-state index in [0.717, 1.165) is 24.0 Å². The van der Waals surface area contributed by atoms with Crippen molar-refractivity contribution in [3.63, 3.8) is 0 Å². The third-order valence-electron chi connectivity index (χ3n) is 6.91. The summed E-state index contributed by atoms with van der Waals surface area (Å²) in [4.78, 5) is 5.07. The molecule has 0 amide bonds. The largest absolute Gasteiger partial charge is 0.360 e. The van der Waals surface area contributed by atoms with E-state index >= 15 is 0 Å². The van der Waals surface area contributed by atoms with Crippen molar-refractivity contribution in [3.8, 4) is 0 Å². The Morgan fingerprint density at radius 3 is 2.35 bits per heavy atom. The van der Waals surface area contributed by atoms with Crippen molar-refractivity contribution in [2.24, 2.45) is 0 Å². The van der Waals surface area contributed by atoms with E-state index in [1.54, 1.807) is 0 Å². The van der Waals surface area contributed by atoms with Crippen LogP contribution in [0.5, 0.6) is 0 Å². The Hall–Kier alpha value is -2.39. The summed E-state index contributed by atoms with van der Waals surface area (Å²) in [6.45, 7) is 8.89. The van der Waals surface area contributed by atoms with Crippen LogP contribution >= 0.6 is 0 Å². The van der Waals surface area contributed by atoms with Crippen LogP contribution in [0.25, 0.3) is 27.5 Å². The molecule has 1 saturated heterocycles. The van der Waals surface area contributed by atoms with E-state index < -0.39 is 0 Å². The minimum atomic E-state index is -0.152. The zero-order valence-electron chi connectivity index (χ0n) is 15.7. The quantitative estimate of drug-likeness (QED) is 0.421. The Kier molecular flexibility index (Phi) is 2.43. The third-order valence-corrected chi connectivity index (χ3v) is 6.91. The van der Waals surface area contributed by atoms with Gasteiger partial charge in [-0.15, -0.1) is 0 Å². The van der Waals surface area contributed by atoms with Gasteiger partial charge in [0.05, 0.1) is 22.2 Å². The van der Waals surface area contributed by atoms with Gasteiger partial charge in [0.15, 0.2) is 0 Å². The SMILES string of the molecule is Cc1c(C)n2c3cc4c(cc3nc2c2ccccc12)C1(C)CCC4(C)O1. The molecule has 3 heteroatoms. The van der Waals surface area contributed by atoms with E-state index in [1.165, 1.54) is 38.7 Å². The molecular weight excluding hydrogens is 320 g/mol. The van der Waals surface area contributed by atoms with Gasteiger partial charge in [0.2, 0.25) is 0 Å². The molecule has 0 saturated carbocycles. The first kappa shape index (κ1) is 14.7. The molecule has 0 radical (unpaired) electrons. The van der Waals surface area contributed by atoms with E-state index in [-0.39, 0.29) is 11.2 Å². The monoisotopic (exact) mass is 342 g/mol. The van der Waals surface area contributed by atoms with Gasteiger partial charge >= 0.3 is 0 Å². The van der Waals surface area contributed by atoms with E-state index in [2.05, 4.69) is 68.5 Å². The zero-order valence-corrected chi connectivity index (χ0v) is 15.7. The summed E-state index contributed by atoms with van der Waals surface area (Å²) in [5.41, 5.74) is 8.31. The van der Waals surface area contributed by atoms with Crippen molar-refractivity contribution < 1.29 is 4.74 Å². The number of benzene rings is 2. The van der Waals surface area contributed by atoms with Gasteiger partial charge in [0.1, 0.15) is 5.65 Å². The molecule has 26 heavy (non-hydrogen) atoms. The van der Waals surface area contributed by atoms with Gasteiger partial charge in [-0.05, 0) is 74.7 Å². The van der Waals surface area contributed by atoms with Crippen LogP contribution in [-0.2, 0) is 15.9 Å². The van der Waals surface area contributed by atoms with Gasteiger partial charge < -0.3 is 4.74 Å². The molecule has 0 N–H and O–H groups in total. The molecule has 2 atom stereocenters. The molecule has 2 aromatic heterocycles. The number of hydrogen-bond acceptors (Lipinski definition) is 2. The van der Waals surface area contributed by atoms with E-state index in [9.17, 15) is 0 Å². The van der Waals surface area contributed by atoms with E-state index in [4.69, 9.17) is 9.72 Å². The Bertz CT molecular complexity index is 1270. The van der Waals surface area contributed by atoms with Crippen molar-refractivity contribution in [2.75, 3.05) is 0 Å². The number of imidazole rings is 1. The lowest BCUT2D eigenvalue weighted by Gasteiger charge is -2.22.